The lowest BCUT2D eigenvalue weighted by molar-refractivity contribution is -0.144. The van der Waals surface area contributed by atoms with Gasteiger partial charge in [-0.05, 0) is 19.8 Å². The van der Waals surface area contributed by atoms with E-state index in [0.717, 1.165) is 12.8 Å². The van der Waals surface area contributed by atoms with Crippen molar-refractivity contribution in [2.24, 2.45) is 5.92 Å². The largest absolute Gasteiger partial charge is 0.481 e. The third kappa shape index (κ3) is 3.10. The summed E-state index contributed by atoms with van der Waals surface area (Å²) in [6, 6.07) is -0.774. The quantitative estimate of drug-likeness (QED) is 0.831. The Bertz CT molecular complexity index is 446. The number of aliphatic carboxylic acids is 1. The molecule has 7 nitrogen and oxygen atoms in total. The van der Waals surface area contributed by atoms with E-state index in [1.165, 1.54) is 17.3 Å². The Kier molecular flexibility index (Phi) is 4.13. The summed E-state index contributed by atoms with van der Waals surface area (Å²) in [5.41, 5.74) is 0. The number of nitrogens with zero attached hydrogens (tertiary/aromatic N) is 3. The zero-order valence-corrected chi connectivity index (χ0v) is 10.8. The monoisotopic (exact) mass is 266 g/mol. The lowest BCUT2D eigenvalue weighted by Crippen LogP contribution is -2.47. The van der Waals surface area contributed by atoms with E-state index in [1.807, 2.05) is 0 Å². The number of carbonyl (C=O) groups is 2. The average molecular weight is 266 g/mol. The maximum atomic E-state index is 12.1. The van der Waals surface area contributed by atoms with Crippen LogP contribution in [-0.2, 0) is 9.59 Å². The van der Waals surface area contributed by atoms with E-state index in [4.69, 9.17) is 5.11 Å². The van der Waals surface area contributed by atoms with Crippen molar-refractivity contribution in [3.63, 3.8) is 0 Å². The predicted octanol–water partition coefficient (Wildman–Crippen LogP) is 0.599. The van der Waals surface area contributed by atoms with Crippen molar-refractivity contribution >= 4 is 11.9 Å². The van der Waals surface area contributed by atoms with E-state index < -0.39 is 17.9 Å². The predicted molar refractivity (Wildman–Crippen MR) is 66.3 cm³/mol. The van der Waals surface area contributed by atoms with Gasteiger partial charge in [-0.3, -0.25) is 9.59 Å². The van der Waals surface area contributed by atoms with Gasteiger partial charge in [-0.25, -0.2) is 9.67 Å². The van der Waals surface area contributed by atoms with Crippen molar-refractivity contribution in [1.29, 1.82) is 0 Å². The molecule has 0 bridgehead atoms. The van der Waals surface area contributed by atoms with Crippen LogP contribution in [0.15, 0.2) is 12.7 Å². The van der Waals surface area contributed by atoms with E-state index in [2.05, 4.69) is 15.4 Å². The van der Waals surface area contributed by atoms with Crippen molar-refractivity contribution in [2.75, 3.05) is 0 Å². The van der Waals surface area contributed by atoms with Crippen LogP contribution in [0.3, 0.4) is 0 Å². The normalized spacial score (nSPS) is 24.7. The molecule has 0 spiro atoms. The third-order valence-electron chi connectivity index (χ3n) is 3.62. The number of hydrogen-bond acceptors (Lipinski definition) is 4. The number of carboxylic acids is 1. The Labute approximate surface area is 111 Å². The summed E-state index contributed by atoms with van der Waals surface area (Å²) in [6.45, 7) is 1.71. The lowest BCUT2D eigenvalue weighted by atomic mass is 9.84. The highest BCUT2D eigenvalue weighted by molar-refractivity contribution is 5.81. The van der Waals surface area contributed by atoms with Gasteiger partial charge in [0.2, 0.25) is 5.91 Å². The smallest absolute Gasteiger partial charge is 0.308 e. The molecule has 1 heterocycles. The molecule has 7 heteroatoms. The molecule has 1 amide bonds. The number of aromatic nitrogens is 3. The maximum absolute atomic E-state index is 12.1. The van der Waals surface area contributed by atoms with Crippen LogP contribution >= 0.6 is 0 Å². The van der Waals surface area contributed by atoms with Crippen LogP contribution in [-0.4, -0.2) is 37.8 Å². The van der Waals surface area contributed by atoms with Gasteiger partial charge in [0.05, 0.1) is 5.92 Å². The van der Waals surface area contributed by atoms with Crippen molar-refractivity contribution in [3.05, 3.63) is 12.7 Å². The minimum absolute atomic E-state index is 0.219. The van der Waals surface area contributed by atoms with Gasteiger partial charge < -0.3 is 10.4 Å². The molecule has 0 saturated heterocycles. The molecule has 2 N–H and O–H groups in total. The molecule has 1 aromatic heterocycles. The summed E-state index contributed by atoms with van der Waals surface area (Å²) < 4.78 is 1.45. The molecule has 1 aliphatic carbocycles. The molecule has 2 rings (SSSR count). The summed E-state index contributed by atoms with van der Waals surface area (Å²) in [5, 5.41) is 15.9. The number of rotatable bonds is 4. The molecule has 104 valence electrons. The Morgan fingerprint density at radius 2 is 2.16 bits per heavy atom. The first-order valence-corrected chi connectivity index (χ1v) is 6.47. The minimum atomic E-state index is -0.835. The van der Waals surface area contributed by atoms with Gasteiger partial charge in [0.1, 0.15) is 18.7 Å². The zero-order chi connectivity index (χ0) is 13.8. The topological polar surface area (TPSA) is 97.1 Å². The van der Waals surface area contributed by atoms with Gasteiger partial charge in [-0.1, -0.05) is 12.8 Å². The zero-order valence-electron chi connectivity index (χ0n) is 10.8. The summed E-state index contributed by atoms with van der Waals surface area (Å²) in [5.74, 6) is -1.54. The molecule has 0 aliphatic heterocycles. The number of amides is 1. The van der Waals surface area contributed by atoms with E-state index in [9.17, 15) is 9.59 Å². The molecule has 1 aliphatic rings. The molecule has 3 unspecified atom stereocenters. The van der Waals surface area contributed by atoms with Gasteiger partial charge >= 0.3 is 5.97 Å². The summed E-state index contributed by atoms with van der Waals surface area (Å²) >= 11 is 0. The summed E-state index contributed by atoms with van der Waals surface area (Å²) in [6.07, 6.45) is 6.03. The number of carbonyl (C=O) groups excluding carboxylic acids is 1. The van der Waals surface area contributed by atoms with Crippen LogP contribution in [0, 0.1) is 5.92 Å². The van der Waals surface area contributed by atoms with Gasteiger partial charge in [0.25, 0.3) is 0 Å². The fraction of sp³-hybridized carbons (Fsp3) is 0.667. The SMILES string of the molecule is CC(C(=O)NC1CCCCC1C(=O)O)n1cncn1. The van der Waals surface area contributed by atoms with Crippen molar-refractivity contribution < 1.29 is 14.7 Å². The number of carboxylic acid groups (broad SMARTS) is 1. The van der Waals surface area contributed by atoms with Crippen LogP contribution in [0.1, 0.15) is 38.6 Å². The van der Waals surface area contributed by atoms with Gasteiger partial charge in [0, 0.05) is 6.04 Å². The van der Waals surface area contributed by atoms with E-state index >= 15 is 0 Å². The second-order valence-electron chi connectivity index (χ2n) is 4.90. The van der Waals surface area contributed by atoms with Crippen LogP contribution in [0.4, 0.5) is 0 Å². The Morgan fingerprint density at radius 3 is 2.79 bits per heavy atom. The second kappa shape index (κ2) is 5.81. The molecule has 1 saturated carbocycles. The van der Waals surface area contributed by atoms with Crippen LogP contribution in [0.25, 0.3) is 0 Å². The molecular formula is C12H18N4O3. The molecule has 0 aromatic carbocycles. The Hall–Kier alpha value is -1.92. The standard InChI is InChI=1S/C12H18N4O3/c1-8(16-7-13-6-14-16)11(17)15-10-5-3-2-4-9(10)12(18)19/h6-10H,2-5H2,1H3,(H,15,17)(H,18,19). The number of nitrogens with one attached hydrogen (secondary N) is 1. The molecular weight excluding hydrogens is 248 g/mol. The highest BCUT2D eigenvalue weighted by Crippen LogP contribution is 2.25. The molecule has 1 aromatic rings. The molecule has 3 atom stereocenters. The van der Waals surface area contributed by atoms with Crippen molar-refractivity contribution in [1.82, 2.24) is 20.1 Å². The van der Waals surface area contributed by atoms with E-state index in [-0.39, 0.29) is 11.9 Å². The van der Waals surface area contributed by atoms with E-state index in [0.29, 0.717) is 12.8 Å². The summed E-state index contributed by atoms with van der Waals surface area (Å²) in [4.78, 5) is 27.0. The Balaban J connectivity index is 1.99. The average Bonchev–Trinajstić information content (AvgIpc) is 2.92. The maximum Gasteiger partial charge on any atom is 0.308 e. The Morgan fingerprint density at radius 1 is 1.42 bits per heavy atom. The van der Waals surface area contributed by atoms with Gasteiger partial charge in [0.15, 0.2) is 0 Å². The van der Waals surface area contributed by atoms with Gasteiger partial charge in [-0.2, -0.15) is 5.10 Å². The summed E-state index contributed by atoms with van der Waals surface area (Å²) in [7, 11) is 0. The fourth-order valence-electron chi connectivity index (χ4n) is 2.44. The first-order valence-electron chi connectivity index (χ1n) is 6.47. The van der Waals surface area contributed by atoms with Crippen molar-refractivity contribution in [3.8, 4) is 0 Å². The van der Waals surface area contributed by atoms with Gasteiger partial charge in [-0.15, -0.1) is 0 Å². The molecule has 0 radical (unpaired) electrons. The first-order chi connectivity index (χ1) is 9.09. The lowest BCUT2D eigenvalue weighted by Gasteiger charge is -2.30. The highest BCUT2D eigenvalue weighted by atomic mass is 16.4. The van der Waals surface area contributed by atoms with Crippen LogP contribution in [0.5, 0.6) is 0 Å². The first kappa shape index (κ1) is 13.5. The fourth-order valence-corrected chi connectivity index (χ4v) is 2.44. The van der Waals surface area contributed by atoms with E-state index in [1.54, 1.807) is 6.92 Å². The molecule has 1 fully saturated rings. The highest BCUT2D eigenvalue weighted by Gasteiger charge is 2.32. The van der Waals surface area contributed by atoms with Crippen molar-refractivity contribution in [2.45, 2.75) is 44.7 Å². The third-order valence-corrected chi connectivity index (χ3v) is 3.62. The van der Waals surface area contributed by atoms with Crippen LogP contribution in [0.2, 0.25) is 0 Å². The second-order valence-corrected chi connectivity index (χ2v) is 4.90. The minimum Gasteiger partial charge on any atom is -0.481 e. The number of hydrogen-bond donors (Lipinski definition) is 2. The van der Waals surface area contributed by atoms with Crippen LogP contribution < -0.4 is 5.32 Å². The molecule has 19 heavy (non-hydrogen) atoms.